The number of hydrogen-bond acceptors (Lipinski definition) is 4. The lowest BCUT2D eigenvalue weighted by atomic mass is 10.2. The highest BCUT2D eigenvalue weighted by atomic mass is 35.5. The molecule has 4 nitrogen and oxygen atoms in total. The summed E-state index contributed by atoms with van der Waals surface area (Å²) in [7, 11) is 0. The molecule has 2 heterocycles. The number of halogens is 1. The highest BCUT2D eigenvalue weighted by Crippen LogP contribution is 2.16. The Kier molecular flexibility index (Phi) is 3.51. The van der Waals surface area contributed by atoms with E-state index in [9.17, 15) is 9.59 Å². The van der Waals surface area contributed by atoms with Gasteiger partial charge in [0, 0.05) is 6.20 Å². The van der Waals surface area contributed by atoms with Crippen molar-refractivity contribution in [2.75, 3.05) is 5.32 Å². The average Bonchev–Trinajstić information content (AvgIpc) is 2.80. The topological polar surface area (TPSA) is 59.1 Å². The number of hydrogen-bond donors (Lipinski definition) is 1. The largest absolute Gasteiger partial charge is 0.307 e. The molecule has 2 rings (SSSR count). The number of nitrogens with zero attached hydrogens (tertiary/aromatic N) is 1. The molecule has 0 aliphatic heterocycles. The molecule has 0 atom stereocenters. The zero-order chi connectivity index (χ0) is 12.3. The van der Waals surface area contributed by atoms with Crippen molar-refractivity contribution in [2.45, 2.75) is 0 Å². The minimum Gasteiger partial charge on any atom is -0.307 e. The number of anilines is 1. The normalized spacial score (nSPS) is 9.94. The first-order valence-corrected chi connectivity index (χ1v) is 5.92. The highest BCUT2D eigenvalue weighted by molar-refractivity contribution is 7.12. The molecule has 1 N–H and O–H groups in total. The standard InChI is InChI=1S/C11H7ClN2O2S/c12-7-1-2-10(13-5-7)14-11(16)8-3-4-17-9(8)6-15/h1-6H,(H,13,14,16). The maximum absolute atomic E-state index is 11.8. The third-order valence-electron chi connectivity index (χ3n) is 2.02. The third-order valence-corrected chi connectivity index (χ3v) is 3.08. The summed E-state index contributed by atoms with van der Waals surface area (Å²) in [6.45, 7) is 0. The number of rotatable bonds is 3. The fourth-order valence-electron chi connectivity index (χ4n) is 1.23. The van der Waals surface area contributed by atoms with Gasteiger partial charge in [0.1, 0.15) is 5.82 Å². The second kappa shape index (κ2) is 5.07. The average molecular weight is 267 g/mol. The summed E-state index contributed by atoms with van der Waals surface area (Å²) in [4.78, 5) is 26.8. The van der Waals surface area contributed by atoms with Gasteiger partial charge in [-0.05, 0) is 23.6 Å². The summed E-state index contributed by atoms with van der Waals surface area (Å²) in [6.07, 6.45) is 2.10. The summed E-state index contributed by atoms with van der Waals surface area (Å²) in [5.74, 6) is 0.0330. The molecule has 2 aromatic heterocycles. The fourth-order valence-corrected chi connectivity index (χ4v) is 2.04. The summed E-state index contributed by atoms with van der Waals surface area (Å²) < 4.78 is 0. The van der Waals surface area contributed by atoms with E-state index in [2.05, 4.69) is 10.3 Å². The molecular weight excluding hydrogens is 260 g/mol. The van der Waals surface area contributed by atoms with E-state index in [1.165, 1.54) is 17.5 Å². The van der Waals surface area contributed by atoms with Crippen LogP contribution in [0.4, 0.5) is 5.82 Å². The summed E-state index contributed by atoms with van der Waals surface area (Å²) in [5, 5.41) is 4.77. The van der Waals surface area contributed by atoms with Crippen molar-refractivity contribution in [2.24, 2.45) is 0 Å². The Morgan fingerprint density at radius 3 is 2.88 bits per heavy atom. The second-order valence-corrected chi connectivity index (χ2v) is 4.52. The molecule has 17 heavy (non-hydrogen) atoms. The number of aldehydes is 1. The van der Waals surface area contributed by atoms with Gasteiger partial charge in [0.15, 0.2) is 6.29 Å². The van der Waals surface area contributed by atoms with Gasteiger partial charge in [-0.1, -0.05) is 11.6 Å². The number of nitrogens with one attached hydrogen (secondary N) is 1. The molecule has 0 aliphatic carbocycles. The van der Waals surface area contributed by atoms with Gasteiger partial charge in [-0.3, -0.25) is 9.59 Å². The molecule has 0 saturated heterocycles. The van der Waals surface area contributed by atoms with Crippen LogP contribution in [0.2, 0.25) is 5.02 Å². The van der Waals surface area contributed by atoms with E-state index in [1.807, 2.05) is 0 Å². The van der Waals surface area contributed by atoms with Gasteiger partial charge in [-0.25, -0.2) is 4.98 Å². The van der Waals surface area contributed by atoms with Crippen LogP contribution in [0, 0.1) is 0 Å². The monoisotopic (exact) mass is 266 g/mol. The van der Waals surface area contributed by atoms with Gasteiger partial charge in [0.05, 0.1) is 15.5 Å². The summed E-state index contributed by atoms with van der Waals surface area (Å²) >= 11 is 6.90. The first-order valence-electron chi connectivity index (χ1n) is 4.66. The van der Waals surface area contributed by atoms with Gasteiger partial charge in [0.2, 0.25) is 0 Å². The molecule has 86 valence electrons. The number of pyridine rings is 1. The Bertz CT molecular complexity index is 551. The molecule has 0 fully saturated rings. The first-order chi connectivity index (χ1) is 8.20. The van der Waals surface area contributed by atoms with Crippen LogP contribution < -0.4 is 5.32 Å². The third kappa shape index (κ3) is 2.69. The zero-order valence-electron chi connectivity index (χ0n) is 8.51. The molecule has 0 aromatic carbocycles. The van der Waals surface area contributed by atoms with E-state index in [1.54, 1.807) is 23.6 Å². The lowest BCUT2D eigenvalue weighted by Crippen LogP contribution is -2.13. The maximum atomic E-state index is 11.8. The molecule has 0 aliphatic rings. The van der Waals surface area contributed by atoms with Crippen LogP contribution in [0.5, 0.6) is 0 Å². The Hall–Kier alpha value is -1.72. The highest BCUT2D eigenvalue weighted by Gasteiger charge is 2.12. The maximum Gasteiger partial charge on any atom is 0.258 e. The van der Waals surface area contributed by atoms with Crippen LogP contribution in [-0.2, 0) is 0 Å². The lowest BCUT2D eigenvalue weighted by molar-refractivity contribution is 0.101. The molecule has 0 bridgehead atoms. The van der Waals surface area contributed by atoms with Crippen molar-refractivity contribution < 1.29 is 9.59 Å². The minimum absolute atomic E-state index is 0.349. The van der Waals surface area contributed by atoms with Crippen LogP contribution in [0.3, 0.4) is 0 Å². The van der Waals surface area contributed by atoms with Gasteiger partial charge < -0.3 is 5.32 Å². The molecular formula is C11H7ClN2O2S. The van der Waals surface area contributed by atoms with Crippen LogP contribution >= 0.6 is 22.9 Å². The molecule has 0 saturated carbocycles. The van der Waals surface area contributed by atoms with Crippen LogP contribution in [-0.4, -0.2) is 17.2 Å². The fraction of sp³-hybridized carbons (Fsp3) is 0. The van der Waals surface area contributed by atoms with E-state index < -0.39 is 0 Å². The van der Waals surface area contributed by atoms with Gasteiger partial charge in [-0.2, -0.15) is 0 Å². The van der Waals surface area contributed by atoms with Gasteiger partial charge >= 0.3 is 0 Å². The van der Waals surface area contributed by atoms with E-state index in [4.69, 9.17) is 11.6 Å². The van der Waals surface area contributed by atoms with Crippen LogP contribution in [0.15, 0.2) is 29.8 Å². The van der Waals surface area contributed by atoms with E-state index in [0.29, 0.717) is 27.6 Å². The first kappa shape index (κ1) is 11.8. The number of carbonyl (C=O) groups is 2. The molecule has 0 unspecified atom stereocenters. The van der Waals surface area contributed by atoms with Crippen molar-refractivity contribution in [3.8, 4) is 0 Å². The lowest BCUT2D eigenvalue weighted by Gasteiger charge is -2.03. The Morgan fingerprint density at radius 1 is 1.41 bits per heavy atom. The Balaban J connectivity index is 2.17. The number of carbonyl (C=O) groups excluding carboxylic acids is 2. The van der Waals surface area contributed by atoms with E-state index in [-0.39, 0.29) is 5.91 Å². The van der Waals surface area contributed by atoms with Gasteiger partial charge in [0.25, 0.3) is 5.91 Å². The van der Waals surface area contributed by atoms with E-state index in [0.717, 1.165) is 0 Å². The van der Waals surface area contributed by atoms with Crippen molar-refractivity contribution in [3.05, 3.63) is 45.2 Å². The molecule has 0 radical (unpaired) electrons. The van der Waals surface area contributed by atoms with Crippen molar-refractivity contribution in [1.29, 1.82) is 0 Å². The summed E-state index contributed by atoms with van der Waals surface area (Å²) in [5.41, 5.74) is 0.349. The Labute approximate surface area is 106 Å². The van der Waals surface area contributed by atoms with Crippen LogP contribution in [0.25, 0.3) is 0 Å². The minimum atomic E-state index is -0.358. The quantitative estimate of drug-likeness (QED) is 0.869. The van der Waals surface area contributed by atoms with Crippen LogP contribution in [0.1, 0.15) is 20.0 Å². The van der Waals surface area contributed by atoms with Gasteiger partial charge in [-0.15, -0.1) is 11.3 Å². The predicted molar refractivity (Wildman–Crippen MR) is 66.9 cm³/mol. The Morgan fingerprint density at radius 2 is 2.24 bits per heavy atom. The molecule has 2 aromatic rings. The smallest absolute Gasteiger partial charge is 0.258 e. The zero-order valence-corrected chi connectivity index (χ0v) is 10.1. The molecule has 6 heteroatoms. The summed E-state index contributed by atoms with van der Waals surface area (Å²) in [6, 6.07) is 4.81. The van der Waals surface area contributed by atoms with E-state index >= 15 is 0 Å². The second-order valence-electron chi connectivity index (χ2n) is 3.13. The molecule has 1 amide bonds. The van der Waals surface area contributed by atoms with Crippen molar-refractivity contribution in [3.63, 3.8) is 0 Å². The van der Waals surface area contributed by atoms with Crippen molar-refractivity contribution >= 4 is 40.9 Å². The predicted octanol–water partition coefficient (Wildman–Crippen LogP) is 2.86. The number of aromatic nitrogens is 1. The van der Waals surface area contributed by atoms with Crippen molar-refractivity contribution in [1.82, 2.24) is 4.98 Å². The molecule has 0 spiro atoms. The number of amides is 1. The SMILES string of the molecule is O=Cc1sccc1C(=O)Nc1ccc(Cl)cn1. The number of thiophene rings is 1.